The summed E-state index contributed by atoms with van der Waals surface area (Å²) in [5.74, 6) is 0.660. The summed E-state index contributed by atoms with van der Waals surface area (Å²) in [6.07, 6.45) is 1.69. The maximum atomic E-state index is 9.08. The zero-order chi connectivity index (χ0) is 12.5. The van der Waals surface area contributed by atoms with E-state index in [0.717, 1.165) is 15.4 Å². The molecule has 0 fully saturated rings. The molecular formula is C14H7BrN2O. The summed E-state index contributed by atoms with van der Waals surface area (Å²) in [6, 6.07) is 13.3. The van der Waals surface area contributed by atoms with Gasteiger partial charge in [0.2, 0.25) is 5.71 Å². The van der Waals surface area contributed by atoms with Gasteiger partial charge in [-0.15, -0.1) is 0 Å². The van der Waals surface area contributed by atoms with Crippen LogP contribution in [0.4, 0.5) is 0 Å². The molecule has 0 aliphatic carbocycles. The fraction of sp³-hybridized carbons (Fsp3) is 0. The van der Waals surface area contributed by atoms with Crippen molar-refractivity contribution in [1.29, 1.82) is 5.26 Å². The van der Waals surface area contributed by atoms with E-state index in [9.17, 15) is 0 Å². The Balaban J connectivity index is 2.23. The van der Waals surface area contributed by atoms with Crippen molar-refractivity contribution in [2.45, 2.75) is 0 Å². The fourth-order valence-electron chi connectivity index (χ4n) is 1.83. The average Bonchev–Trinajstić information content (AvgIpc) is 2.81. The van der Waals surface area contributed by atoms with Crippen molar-refractivity contribution in [1.82, 2.24) is 4.98 Å². The third kappa shape index (κ3) is 1.79. The molecule has 4 heteroatoms. The van der Waals surface area contributed by atoms with Crippen molar-refractivity contribution < 1.29 is 4.42 Å². The van der Waals surface area contributed by atoms with Gasteiger partial charge in [-0.25, -0.2) is 4.98 Å². The number of fused-ring (bicyclic) bond motifs is 1. The molecule has 0 spiro atoms. The molecule has 86 valence electrons. The number of rotatable bonds is 1. The van der Waals surface area contributed by atoms with Crippen LogP contribution >= 0.6 is 15.9 Å². The fourth-order valence-corrected chi connectivity index (χ4v) is 2.18. The van der Waals surface area contributed by atoms with E-state index in [2.05, 4.69) is 27.0 Å². The lowest BCUT2D eigenvalue weighted by Crippen LogP contribution is -1.80. The van der Waals surface area contributed by atoms with Crippen molar-refractivity contribution in [2.75, 3.05) is 0 Å². The smallest absolute Gasteiger partial charge is 0.226 e. The van der Waals surface area contributed by atoms with Crippen LogP contribution in [0.15, 0.2) is 51.5 Å². The maximum absolute atomic E-state index is 9.08. The number of benzene rings is 1. The first-order chi connectivity index (χ1) is 8.78. The minimum absolute atomic E-state index is 0.570. The summed E-state index contributed by atoms with van der Waals surface area (Å²) in [5.41, 5.74) is 1.95. The van der Waals surface area contributed by atoms with Crippen molar-refractivity contribution in [3.05, 3.63) is 52.6 Å². The Labute approximate surface area is 112 Å². The zero-order valence-corrected chi connectivity index (χ0v) is 10.8. The molecule has 0 unspecified atom stereocenters. The van der Waals surface area contributed by atoms with Crippen molar-refractivity contribution >= 4 is 27.0 Å². The molecular weight excluding hydrogens is 292 g/mol. The Morgan fingerprint density at radius 1 is 1.22 bits per heavy atom. The van der Waals surface area contributed by atoms with Gasteiger partial charge in [-0.3, -0.25) is 0 Å². The van der Waals surface area contributed by atoms with Crippen molar-refractivity contribution in [3.8, 4) is 17.4 Å². The highest BCUT2D eigenvalue weighted by Crippen LogP contribution is 2.29. The largest absolute Gasteiger partial charge is 0.438 e. The van der Waals surface area contributed by atoms with Crippen LogP contribution in [0, 0.1) is 11.3 Å². The summed E-state index contributed by atoms with van der Waals surface area (Å²) < 4.78 is 6.57. The van der Waals surface area contributed by atoms with Gasteiger partial charge >= 0.3 is 0 Å². The number of hydrogen-bond acceptors (Lipinski definition) is 3. The molecule has 0 aliphatic rings. The van der Waals surface area contributed by atoms with Crippen LogP contribution in [0.3, 0.4) is 0 Å². The predicted octanol–water partition coefficient (Wildman–Crippen LogP) is 4.13. The molecule has 0 radical (unpaired) electrons. The lowest BCUT2D eigenvalue weighted by molar-refractivity contribution is 0.618. The second-order valence-electron chi connectivity index (χ2n) is 3.82. The number of nitrogens with zero attached hydrogens (tertiary/aromatic N) is 2. The SMILES string of the molecule is N#Cc1ccccc1-c1cc2cc(Br)cnc2o1. The van der Waals surface area contributed by atoms with Crippen LogP contribution < -0.4 is 0 Å². The minimum atomic E-state index is 0.570. The molecule has 0 saturated heterocycles. The highest BCUT2D eigenvalue weighted by Gasteiger charge is 2.10. The maximum Gasteiger partial charge on any atom is 0.226 e. The molecule has 0 saturated carbocycles. The van der Waals surface area contributed by atoms with E-state index in [0.29, 0.717) is 17.0 Å². The van der Waals surface area contributed by atoms with Crippen molar-refractivity contribution in [2.24, 2.45) is 0 Å². The second kappa shape index (κ2) is 4.28. The molecule has 3 nitrogen and oxygen atoms in total. The van der Waals surface area contributed by atoms with E-state index in [1.165, 1.54) is 0 Å². The van der Waals surface area contributed by atoms with E-state index in [1.807, 2.05) is 30.3 Å². The highest BCUT2D eigenvalue weighted by atomic mass is 79.9. The third-order valence-corrected chi connectivity index (χ3v) is 3.09. The van der Waals surface area contributed by atoms with Gasteiger partial charge in [0, 0.05) is 21.6 Å². The Hall–Kier alpha value is -2.12. The Morgan fingerprint density at radius 3 is 2.89 bits per heavy atom. The van der Waals surface area contributed by atoms with Crippen LogP contribution in [-0.4, -0.2) is 4.98 Å². The number of halogens is 1. The summed E-state index contributed by atoms with van der Waals surface area (Å²) in [4.78, 5) is 4.19. The molecule has 0 atom stereocenters. The van der Waals surface area contributed by atoms with E-state index in [1.54, 1.807) is 12.3 Å². The van der Waals surface area contributed by atoms with E-state index < -0.39 is 0 Å². The zero-order valence-electron chi connectivity index (χ0n) is 9.22. The quantitative estimate of drug-likeness (QED) is 0.679. The van der Waals surface area contributed by atoms with E-state index >= 15 is 0 Å². The first-order valence-corrected chi connectivity index (χ1v) is 6.12. The molecule has 0 amide bonds. The summed E-state index contributed by atoms with van der Waals surface area (Å²) in [7, 11) is 0. The van der Waals surface area contributed by atoms with Crippen LogP contribution in [0.2, 0.25) is 0 Å². The van der Waals surface area contributed by atoms with E-state index in [-0.39, 0.29) is 0 Å². The average molecular weight is 299 g/mol. The summed E-state index contributed by atoms with van der Waals surface area (Å²) in [5, 5.41) is 9.99. The topological polar surface area (TPSA) is 49.8 Å². The van der Waals surface area contributed by atoms with Crippen LogP contribution in [0.25, 0.3) is 22.4 Å². The van der Waals surface area contributed by atoms with Gasteiger partial charge in [-0.1, -0.05) is 12.1 Å². The van der Waals surface area contributed by atoms with Gasteiger partial charge < -0.3 is 4.42 Å². The molecule has 3 rings (SSSR count). The van der Waals surface area contributed by atoms with Gasteiger partial charge in [0.25, 0.3) is 0 Å². The lowest BCUT2D eigenvalue weighted by atomic mass is 10.1. The molecule has 2 aromatic heterocycles. The van der Waals surface area contributed by atoms with Crippen LogP contribution in [-0.2, 0) is 0 Å². The van der Waals surface area contributed by atoms with Gasteiger partial charge in [-0.2, -0.15) is 5.26 Å². The molecule has 18 heavy (non-hydrogen) atoms. The lowest BCUT2D eigenvalue weighted by Gasteiger charge is -1.97. The number of aromatic nitrogens is 1. The predicted molar refractivity (Wildman–Crippen MR) is 71.9 cm³/mol. The number of nitriles is 1. The number of pyridine rings is 1. The van der Waals surface area contributed by atoms with Crippen molar-refractivity contribution in [3.63, 3.8) is 0 Å². The second-order valence-corrected chi connectivity index (χ2v) is 4.73. The molecule has 0 aliphatic heterocycles. The standard InChI is InChI=1S/C14H7BrN2O/c15-11-5-10-6-13(18-14(10)17-8-11)12-4-2-1-3-9(12)7-16/h1-6,8H. The molecule has 0 bridgehead atoms. The van der Waals surface area contributed by atoms with Gasteiger partial charge in [0.05, 0.1) is 11.6 Å². The van der Waals surface area contributed by atoms with E-state index in [4.69, 9.17) is 9.68 Å². The van der Waals surface area contributed by atoms with Gasteiger partial charge in [-0.05, 0) is 40.2 Å². The normalized spacial score (nSPS) is 10.4. The Kier molecular flexibility index (Phi) is 2.62. The van der Waals surface area contributed by atoms with Crippen LogP contribution in [0.1, 0.15) is 5.56 Å². The summed E-state index contributed by atoms with van der Waals surface area (Å²) >= 11 is 3.37. The van der Waals surface area contributed by atoms with Gasteiger partial charge in [0.1, 0.15) is 5.76 Å². The number of hydrogen-bond donors (Lipinski definition) is 0. The molecule has 0 N–H and O–H groups in total. The first kappa shape index (κ1) is 11.0. The highest BCUT2D eigenvalue weighted by molar-refractivity contribution is 9.10. The first-order valence-electron chi connectivity index (χ1n) is 5.32. The van der Waals surface area contributed by atoms with Gasteiger partial charge in [0.15, 0.2) is 0 Å². The molecule has 2 heterocycles. The Bertz CT molecular complexity index is 771. The number of furan rings is 1. The summed E-state index contributed by atoms with van der Waals surface area (Å²) in [6.45, 7) is 0. The third-order valence-electron chi connectivity index (χ3n) is 2.65. The van der Waals surface area contributed by atoms with Crippen LogP contribution in [0.5, 0.6) is 0 Å². The molecule has 1 aromatic carbocycles. The monoisotopic (exact) mass is 298 g/mol. The minimum Gasteiger partial charge on any atom is -0.438 e. The Morgan fingerprint density at radius 2 is 2.06 bits per heavy atom. The molecule has 3 aromatic rings.